The highest BCUT2D eigenvalue weighted by Gasteiger charge is 2.46. The van der Waals surface area contributed by atoms with Crippen molar-refractivity contribution in [3.63, 3.8) is 0 Å². The molecule has 1 aromatic heterocycles. The number of nitrogens with one attached hydrogen (secondary N) is 1. The maximum atomic E-state index is 12.5. The third kappa shape index (κ3) is 2.72. The Balaban J connectivity index is 1.63. The third-order valence-electron chi connectivity index (χ3n) is 5.06. The van der Waals surface area contributed by atoms with Gasteiger partial charge in [-0.15, -0.1) is 0 Å². The second-order valence-corrected chi connectivity index (χ2v) is 7.25. The summed E-state index contributed by atoms with van der Waals surface area (Å²) in [7, 11) is 0. The summed E-state index contributed by atoms with van der Waals surface area (Å²) in [5, 5.41) is 3.31. The second kappa shape index (κ2) is 4.87. The molecule has 0 unspecified atom stereocenters. The molecule has 1 N–H and O–H groups in total. The molecule has 0 aromatic carbocycles. The summed E-state index contributed by atoms with van der Waals surface area (Å²) in [6.45, 7) is 4.61. The van der Waals surface area contributed by atoms with Crippen molar-refractivity contribution in [3.8, 4) is 0 Å². The van der Waals surface area contributed by atoms with Gasteiger partial charge in [0.15, 0.2) is 0 Å². The van der Waals surface area contributed by atoms with E-state index in [0.29, 0.717) is 5.41 Å². The smallest absolute Gasteiger partial charge is 0.223 e. The highest BCUT2D eigenvalue weighted by Crippen LogP contribution is 2.46. The van der Waals surface area contributed by atoms with Crippen LogP contribution in [0.5, 0.6) is 0 Å². The van der Waals surface area contributed by atoms with Gasteiger partial charge in [-0.25, -0.2) is 0 Å². The largest absolute Gasteiger partial charge is 0.346 e. The van der Waals surface area contributed by atoms with Crippen LogP contribution in [-0.2, 0) is 10.3 Å². The molecule has 20 heavy (non-hydrogen) atoms. The van der Waals surface area contributed by atoms with Crippen LogP contribution in [0.25, 0.3) is 0 Å². The standard InChI is InChI=1S/C17H24N2O/c1-16(2)7-3-13(4-8-16)15(20)19-17(9-10-17)14-5-11-18-12-6-14/h5-6,11-13H,3-4,7-10H2,1-2H3,(H,19,20). The van der Waals surface area contributed by atoms with Crippen LogP contribution in [0.3, 0.4) is 0 Å². The first-order valence-electron chi connectivity index (χ1n) is 7.73. The summed E-state index contributed by atoms with van der Waals surface area (Å²) >= 11 is 0. The Morgan fingerprint density at radius 3 is 2.30 bits per heavy atom. The molecule has 0 saturated heterocycles. The Morgan fingerprint density at radius 2 is 1.75 bits per heavy atom. The molecule has 2 fully saturated rings. The van der Waals surface area contributed by atoms with Gasteiger partial charge in [-0.05, 0) is 61.6 Å². The van der Waals surface area contributed by atoms with E-state index in [1.165, 1.54) is 5.56 Å². The molecule has 2 aliphatic rings. The van der Waals surface area contributed by atoms with Crippen LogP contribution in [-0.4, -0.2) is 10.9 Å². The number of hydrogen-bond donors (Lipinski definition) is 1. The van der Waals surface area contributed by atoms with Crippen LogP contribution in [0.2, 0.25) is 0 Å². The number of rotatable bonds is 3. The van der Waals surface area contributed by atoms with Crippen LogP contribution in [0.1, 0.15) is 57.9 Å². The minimum absolute atomic E-state index is 0.0903. The topological polar surface area (TPSA) is 42.0 Å². The molecule has 1 aromatic rings. The average Bonchev–Trinajstić information content (AvgIpc) is 3.20. The van der Waals surface area contributed by atoms with E-state index in [-0.39, 0.29) is 17.4 Å². The van der Waals surface area contributed by atoms with Crippen molar-refractivity contribution in [1.29, 1.82) is 0 Å². The highest BCUT2D eigenvalue weighted by atomic mass is 16.2. The number of carbonyl (C=O) groups excluding carboxylic acids is 1. The Labute approximate surface area is 121 Å². The molecule has 2 aliphatic carbocycles. The van der Waals surface area contributed by atoms with Crippen molar-refractivity contribution >= 4 is 5.91 Å². The van der Waals surface area contributed by atoms with E-state index in [9.17, 15) is 4.79 Å². The molecule has 0 aliphatic heterocycles. The Kier molecular flexibility index (Phi) is 3.31. The van der Waals surface area contributed by atoms with E-state index in [4.69, 9.17) is 0 Å². The summed E-state index contributed by atoms with van der Waals surface area (Å²) < 4.78 is 0. The maximum absolute atomic E-state index is 12.5. The van der Waals surface area contributed by atoms with E-state index in [2.05, 4.69) is 24.1 Å². The molecular formula is C17H24N2O. The van der Waals surface area contributed by atoms with Gasteiger partial charge in [0, 0.05) is 18.3 Å². The van der Waals surface area contributed by atoms with Crippen LogP contribution in [0.4, 0.5) is 0 Å². The van der Waals surface area contributed by atoms with Gasteiger partial charge in [0.1, 0.15) is 0 Å². The second-order valence-electron chi connectivity index (χ2n) is 7.25. The lowest BCUT2D eigenvalue weighted by Crippen LogP contribution is -2.40. The summed E-state index contributed by atoms with van der Waals surface area (Å²) in [6, 6.07) is 4.05. The van der Waals surface area contributed by atoms with Gasteiger partial charge in [-0.2, -0.15) is 0 Å². The lowest BCUT2D eigenvalue weighted by atomic mass is 9.73. The molecule has 0 radical (unpaired) electrons. The fraction of sp³-hybridized carbons (Fsp3) is 0.647. The third-order valence-corrected chi connectivity index (χ3v) is 5.06. The van der Waals surface area contributed by atoms with Crippen molar-refractivity contribution in [3.05, 3.63) is 30.1 Å². The zero-order valence-corrected chi connectivity index (χ0v) is 12.5. The van der Waals surface area contributed by atoms with E-state index >= 15 is 0 Å². The lowest BCUT2D eigenvalue weighted by Gasteiger charge is -2.34. The molecule has 3 nitrogen and oxygen atoms in total. The van der Waals surface area contributed by atoms with Crippen molar-refractivity contribution in [2.45, 2.75) is 57.9 Å². The van der Waals surface area contributed by atoms with Crippen molar-refractivity contribution in [2.24, 2.45) is 11.3 Å². The molecule has 0 spiro atoms. The van der Waals surface area contributed by atoms with Gasteiger partial charge in [0.2, 0.25) is 5.91 Å². The SMILES string of the molecule is CC1(C)CCC(C(=O)NC2(c3ccncc3)CC2)CC1. The molecule has 3 rings (SSSR count). The van der Waals surface area contributed by atoms with Gasteiger partial charge in [-0.1, -0.05) is 13.8 Å². The van der Waals surface area contributed by atoms with Crippen LogP contribution < -0.4 is 5.32 Å². The van der Waals surface area contributed by atoms with E-state index in [1.807, 2.05) is 24.5 Å². The number of hydrogen-bond acceptors (Lipinski definition) is 2. The van der Waals surface area contributed by atoms with Gasteiger partial charge in [-0.3, -0.25) is 9.78 Å². The molecule has 2 saturated carbocycles. The number of pyridine rings is 1. The monoisotopic (exact) mass is 272 g/mol. The minimum Gasteiger partial charge on any atom is -0.346 e. The van der Waals surface area contributed by atoms with Gasteiger partial charge in [0.05, 0.1) is 5.54 Å². The average molecular weight is 272 g/mol. The van der Waals surface area contributed by atoms with Crippen LogP contribution in [0, 0.1) is 11.3 Å². The first-order chi connectivity index (χ1) is 9.51. The highest BCUT2D eigenvalue weighted by molar-refractivity contribution is 5.80. The number of carbonyl (C=O) groups is 1. The fourth-order valence-electron chi connectivity index (χ4n) is 3.28. The van der Waals surface area contributed by atoms with E-state index in [1.54, 1.807) is 0 Å². The number of amides is 1. The number of aromatic nitrogens is 1. The summed E-state index contributed by atoms with van der Waals surface area (Å²) in [4.78, 5) is 16.6. The predicted molar refractivity (Wildman–Crippen MR) is 79.0 cm³/mol. The molecule has 3 heteroatoms. The zero-order valence-electron chi connectivity index (χ0n) is 12.5. The van der Waals surface area contributed by atoms with E-state index < -0.39 is 0 Å². The summed E-state index contributed by atoms with van der Waals surface area (Å²) in [5.41, 5.74) is 1.53. The zero-order chi connectivity index (χ0) is 14.2. The summed E-state index contributed by atoms with van der Waals surface area (Å²) in [6.07, 6.45) is 10.1. The maximum Gasteiger partial charge on any atom is 0.223 e. The van der Waals surface area contributed by atoms with E-state index in [0.717, 1.165) is 38.5 Å². The Hall–Kier alpha value is -1.38. The Morgan fingerprint density at radius 1 is 1.15 bits per heavy atom. The molecule has 0 bridgehead atoms. The van der Waals surface area contributed by atoms with Gasteiger partial charge >= 0.3 is 0 Å². The van der Waals surface area contributed by atoms with Gasteiger partial charge in [0.25, 0.3) is 0 Å². The summed E-state index contributed by atoms with van der Waals surface area (Å²) in [5.74, 6) is 0.470. The first kappa shape index (κ1) is 13.6. The molecule has 1 amide bonds. The van der Waals surface area contributed by atoms with Crippen molar-refractivity contribution < 1.29 is 4.79 Å². The molecule has 108 valence electrons. The Bertz CT molecular complexity index is 481. The van der Waals surface area contributed by atoms with Crippen molar-refractivity contribution in [2.75, 3.05) is 0 Å². The first-order valence-corrected chi connectivity index (χ1v) is 7.73. The molecule has 0 atom stereocenters. The minimum atomic E-state index is -0.0903. The molecule has 1 heterocycles. The van der Waals surface area contributed by atoms with Gasteiger partial charge < -0.3 is 5.32 Å². The predicted octanol–water partition coefficient (Wildman–Crippen LogP) is 3.40. The quantitative estimate of drug-likeness (QED) is 0.916. The normalized spacial score (nSPS) is 24.1. The van der Waals surface area contributed by atoms with Crippen LogP contribution in [0.15, 0.2) is 24.5 Å². The number of nitrogens with zero attached hydrogens (tertiary/aromatic N) is 1. The van der Waals surface area contributed by atoms with Crippen LogP contribution >= 0.6 is 0 Å². The lowest BCUT2D eigenvalue weighted by molar-refractivity contribution is -0.127. The fourth-order valence-corrected chi connectivity index (χ4v) is 3.28. The molecular weight excluding hydrogens is 248 g/mol. The van der Waals surface area contributed by atoms with Crippen molar-refractivity contribution in [1.82, 2.24) is 10.3 Å².